The third-order valence-electron chi connectivity index (χ3n) is 5.11. The Hall–Kier alpha value is -1.47. The number of benzene rings is 1. The maximum atomic E-state index is 11.8. The fraction of sp³-hybridized carbons (Fsp3) is 0.500. The van der Waals surface area contributed by atoms with Crippen LogP contribution in [0.5, 0.6) is 0 Å². The van der Waals surface area contributed by atoms with E-state index in [9.17, 15) is 4.79 Å². The number of aromatic nitrogens is 3. The van der Waals surface area contributed by atoms with Crippen molar-refractivity contribution in [3.8, 4) is 0 Å². The second-order valence-corrected chi connectivity index (χ2v) is 7.48. The summed E-state index contributed by atoms with van der Waals surface area (Å²) in [6, 6.07) is 5.01. The molecule has 4 rings (SSSR count). The zero-order valence-corrected chi connectivity index (χ0v) is 15.8. The lowest BCUT2D eigenvalue weighted by molar-refractivity contribution is -0.112. The number of carbonyl (C=O) groups excluding carboxylic acids is 1. The van der Waals surface area contributed by atoms with Crippen LogP contribution in [0.4, 0.5) is 0 Å². The molecule has 8 heteroatoms. The van der Waals surface area contributed by atoms with Crippen molar-refractivity contribution in [1.29, 1.82) is 0 Å². The minimum atomic E-state index is -0.353. The molecular formula is C18H20Cl2N4O2. The fourth-order valence-electron chi connectivity index (χ4n) is 3.73. The first-order valence-electron chi connectivity index (χ1n) is 8.85. The van der Waals surface area contributed by atoms with Crippen LogP contribution in [0.15, 0.2) is 18.2 Å². The molecule has 26 heavy (non-hydrogen) atoms. The highest BCUT2D eigenvalue weighted by atomic mass is 35.5. The summed E-state index contributed by atoms with van der Waals surface area (Å²) >= 11 is 12.1. The van der Waals surface area contributed by atoms with E-state index in [1.54, 1.807) is 12.1 Å². The van der Waals surface area contributed by atoms with Gasteiger partial charge in [-0.25, -0.2) is 0 Å². The van der Waals surface area contributed by atoms with Crippen molar-refractivity contribution in [2.75, 3.05) is 19.7 Å². The van der Waals surface area contributed by atoms with Crippen LogP contribution in [0.2, 0.25) is 10.0 Å². The lowest BCUT2D eigenvalue weighted by atomic mass is 10.1. The summed E-state index contributed by atoms with van der Waals surface area (Å²) in [6.07, 6.45) is 3.80. The van der Waals surface area contributed by atoms with Gasteiger partial charge in [-0.05, 0) is 30.5 Å². The fourth-order valence-corrected chi connectivity index (χ4v) is 4.04. The van der Waals surface area contributed by atoms with Crippen LogP contribution in [0, 0.1) is 0 Å². The summed E-state index contributed by atoms with van der Waals surface area (Å²) in [6.45, 7) is 2.98. The van der Waals surface area contributed by atoms with Crippen LogP contribution in [0.25, 0.3) is 0 Å². The molecule has 3 heterocycles. The van der Waals surface area contributed by atoms with E-state index in [0.29, 0.717) is 10.0 Å². The molecule has 0 radical (unpaired) electrons. The van der Waals surface area contributed by atoms with E-state index in [4.69, 9.17) is 27.9 Å². The maximum Gasteiger partial charge on any atom is 0.162 e. The minimum absolute atomic E-state index is 0.0414. The molecule has 6 nitrogen and oxygen atoms in total. The highest BCUT2D eigenvalue weighted by molar-refractivity contribution is 6.42. The first-order chi connectivity index (χ1) is 12.7. The van der Waals surface area contributed by atoms with Crippen molar-refractivity contribution < 1.29 is 9.53 Å². The first-order valence-corrected chi connectivity index (χ1v) is 9.61. The summed E-state index contributed by atoms with van der Waals surface area (Å²) in [5.74, 6) is 1.87. The van der Waals surface area contributed by atoms with Gasteiger partial charge >= 0.3 is 0 Å². The van der Waals surface area contributed by atoms with Gasteiger partial charge in [0.05, 0.1) is 16.1 Å². The van der Waals surface area contributed by atoms with Crippen molar-refractivity contribution in [3.05, 3.63) is 45.5 Å². The monoisotopic (exact) mass is 394 g/mol. The Morgan fingerprint density at radius 3 is 2.81 bits per heavy atom. The molecule has 0 bridgehead atoms. The molecule has 2 aliphatic heterocycles. The molecule has 0 aliphatic carbocycles. The van der Waals surface area contributed by atoms with Crippen molar-refractivity contribution in [1.82, 2.24) is 19.7 Å². The van der Waals surface area contributed by atoms with Crippen LogP contribution in [0.3, 0.4) is 0 Å². The molecule has 2 aliphatic rings. The minimum Gasteiger partial charge on any atom is -0.370 e. The molecule has 1 fully saturated rings. The predicted molar refractivity (Wildman–Crippen MR) is 98.5 cm³/mol. The van der Waals surface area contributed by atoms with E-state index in [1.807, 2.05) is 6.07 Å². The Morgan fingerprint density at radius 1 is 1.19 bits per heavy atom. The molecule has 0 spiro atoms. The number of aldehydes is 1. The van der Waals surface area contributed by atoms with Crippen LogP contribution < -0.4 is 0 Å². The Labute approximate surface area is 162 Å². The third-order valence-corrected chi connectivity index (χ3v) is 5.85. The van der Waals surface area contributed by atoms with E-state index >= 15 is 0 Å². The third kappa shape index (κ3) is 3.39. The molecule has 138 valence electrons. The summed E-state index contributed by atoms with van der Waals surface area (Å²) in [7, 11) is 0. The van der Waals surface area contributed by atoms with Gasteiger partial charge < -0.3 is 14.1 Å². The zero-order valence-electron chi connectivity index (χ0n) is 14.3. The number of fused-ring (bicyclic) bond motifs is 1. The van der Waals surface area contributed by atoms with Crippen molar-refractivity contribution in [2.24, 2.45) is 0 Å². The highest BCUT2D eigenvalue weighted by Crippen LogP contribution is 2.30. The number of carbonyl (C=O) groups is 1. The lowest BCUT2D eigenvalue weighted by Gasteiger charge is -2.26. The normalized spacial score (nSPS) is 22.0. The number of ether oxygens (including phenoxy) is 1. The van der Waals surface area contributed by atoms with Crippen molar-refractivity contribution in [3.63, 3.8) is 0 Å². The van der Waals surface area contributed by atoms with E-state index in [0.717, 1.165) is 69.0 Å². The van der Waals surface area contributed by atoms with Crippen molar-refractivity contribution >= 4 is 29.5 Å². The standard InChI is InChI=1S/C18H20Cl2N4O2/c19-13-4-3-12(10-14(13)20)15(11-25)23-6-5-17-21-22-18(24(17)8-7-23)16-2-1-9-26-16/h3-4,10-11,15-16H,1-2,5-9H2. The second-order valence-electron chi connectivity index (χ2n) is 6.67. The number of halogens is 2. The van der Waals surface area contributed by atoms with Crippen LogP contribution in [-0.4, -0.2) is 45.6 Å². The van der Waals surface area contributed by atoms with Gasteiger partial charge in [-0.3, -0.25) is 4.90 Å². The number of hydrogen-bond acceptors (Lipinski definition) is 5. The first kappa shape index (κ1) is 17.9. The highest BCUT2D eigenvalue weighted by Gasteiger charge is 2.29. The average Bonchev–Trinajstić information content (AvgIpc) is 3.26. The van der Waals surface area contributed by atoms with Gasteiger partial charge in [0.1, 0.15) is 18.2 Å². The maximum absolute atomic E-state index is 11.8. The Balaban J connectivity index is 1.54. The van der Waals surface area contributed by atoms with Gasteiger partial charge in [0.2, 0.25) is 0 Å². The van der Waals surface area contributed by atoms with Gasteiger partial charge in [-0.15, -0.1) is 10.2 Å². The lowest BCUT2D eigenvalue weighted by Crippen LogP contribution is -2.32. The molecule has 1 aromatic heterocycles. The largest absolute Gasteiger partial charge is 0.370 e. The zero-order chi connectivity index (χ0) is 18.1. The predicted octanol–water partition coefficient (Wildman–Crippen LogP) is 3.23. The second kappa shape index (κ2) is 7.64. The molecule has 2 atom stereocenters. The van der Waals surface area contributed by atoms with E-state index in [-0.39, 0.29) is 12.1 Å². The smallest absolute Gasteiger partial charge is 0.162 e. The van der Waals surface area contributed by atoms with Crippen molar-refractivity contribution in [2.45, 2.75) is 38.0 Å². The van der Waals surface area contributed by atoms with E-state index in [2.05, 4.69) is 19.7 Å². The Kier molecular flexibility index (Phi) is 5.27. The van der Waals surface area contributed by atoms with Gasteiger partial charge in [0.15, 0.2) is 5.82 Å². The van der Waals surface area contributed by atoms with Gasteiger partial charge in [0, 0.05) is 32.7 Å². The summed E-state index contributed by atoms with van der Waals surface area (Å²) < 4.78 is 7.93. The molecule has 1 saturated heterocycles. The molecule has 2 aromatic rings. The topological polar surface area (TPSA) is 60.3 Å². The molecule has 1 aromatic carbocycles. The van der Waals surface area contributed by atoms with Crippen LogP contribution >= 0.6 is 23.2 Å². The van der Waals surface area contributed by atoms with Gasteiger partial charge in [0.25, 0.3) is 0 Å². The molecule has 0 N–H and O–H groups in total. The Morgan fingerprint density at radius 2 is 2.08 bits per heavy atom. The SMILES string of the molecule is O=CC(c1ccc(Cl)c(Cl)c1)N1CCc2nnc(C3CCCO3)n2CC1. The van der Waals surface area contributed by atoms with Crippen LogP contribution in [-0.2, 0) is 22.5 Å². The van der Waals surface area contributed by atoms with Gasteiger partial charge in [-0.1, -0.05) is 29.3 Å². The van der Waals surface area contributed by atoms with Crippen LogP contribution in [0.1, 0.15) is 42.2 Å². The quantitative estimate of drug-likeness (QED) is 0.744. The Bertz CT molecular complexity index is 804. The van der Waals surface area contributed by atoms with E-state index < -0.39 is 0 Å². The number of nitrogens with zero attached hydrogens (tertiary/aromatic N) is 4. The summed E-state index contributed by atoms with van der Waals surface area (Å²) in [5.41, 5.74) is 0.853. The number of hydrogen-bond donors (Lipinski definition) is 0. The number of rotatable bonds is 4. The van der Waals surface area contributed by atoms with Gasteiger partial charge in [-0.2, -0.15) is 0 Å². The summed E-state index contributed by atoms with van der Waals surface area (Å²) in [4.78, 5) is 14.0. The summed E-state index contributed by atoms with van der Waals surface area (Å²) in [5, 5.41) is 9.67. The molecule has 2 unspecified atom stereocenters. The molecular weight excluding hydrogens is 375 g/mol. The average molecular weight is 395 g/mol. The molecule has 0 amide bonds. The molecule has 0 saturated carbocycles. The van der Waals surface area contributed by atoms with E-state index in [1.165, 1.54) is 0 Å².